The van der Waals surface area contributed by atoms with E-state index in [1.807, 2.05) is 0 Å². The highest BCUT2D eigenvalue weighted by Gasteiger charge is 2.18. The van der Waals surface area contributed by atoms with Gasteiger partial charge in [-0.3, -0.25) is 0 Å². The summed E-state index contributed by atoms with van der Waals surface area (Å²) in [6, 6.07) is 0. The van der Waals surface area contributed by atoms with Gasteiger partial charge in [-0.15, -0.1) is 0 Å². The fourth-order valence-electron chi connectivity index (χ4n) is 1.07. The Morgan fingerprint density at radius 2 is 1.93 bits per heavy atom. The van der Waals surface area contributed by atoms with Gasteiger partial charge in [-0.1, -0.05) is 26.2 Å². The Morgan fingerprint density at radius 3 is 2.40 bits per heavy atom. The minimum atomic E-state index is -3.86. The lowest BCUT2D eigenvalue weighted by Gasteiger charge is -2.15. The summed E-state index contributed by atoms with van der Waals surface area (Å²) in [6.07, 6.45) is 2.26. The van der Waals surface area contributed by atoms with Crippen LogP contribution in [0, 0.1) is 0 Å². The van der Waals surface area contributed by atoms with E-state index in [0.717, 1.165) is 30.0 Å². The van der Waals surface area contributed by atoms with Gasteiger partial charge in [0.05, 0.1) is 0 Å². The van der Waals surface area contributed by atoms with Gasteiger partial charge in [-0.2, -0.15) is 12.7 Å². The first-order chi connectivity index (χ1) is 6.90. The summed E-state index contributed by atoms with van der Waals surface area (Å²) in [5, 5.41) is 8.29. The van der Waals surface area contributed by atoms with Crippen molar-refractivity contribution in [3.8, 4) is 0 Å². The highest BCUT2D eigenvalue weighted by atomic mass is 32.2. The molecule has 1 amide bonds. The second kappa shape index (κ2) is 6.62. The molecule has 0 radical (unpaired) electrons. The van der Waals surface area contributed by atoms with Crippen LogP contribution < -0.4 is 4.72 Å². The first-order valence-electron chi connectivity index (χ1n) is 4.87. The maximum atomic E-state index is 11.2. The van der Waals surface area contributed by atoms with Gasteiger partial charge in [0.1, 0.15) is 0 Å². The molecule has 0 fully saturated rings. The molecule has 0 unspecified atom stereocenters. The molecule has 0 atom stereocenters. The van der Waals surface area contributed by atoms with Crippen molar-refractivity contribution in [3.05, 3.63) is 0 Å². The van der Waals surface area contributed by atoms with E-state index in [0.29, 0.717) is 6.54 Å². The second-order valence-electron chi connectivity index (χ2n) is 3.29. The fraction of sp³-hybridized carbons (Fsp3) is 0.875. The Bertz CT molecular complexity index is 289. The van der Waals surface area contributed by atoms with Gasteiger partial charge in [0.25, 0.3) is 0 Å². The molecule has 0 aliphatic rings. The summed E-state index contributed by atoms with van der Waals surface area (Å²) in [4.78, 5) is 10.2. The van der Waals surface area contributed by atoms with Crippen LogP contribution in [0.25, 0.3) is 0 Å². The van der Waals surface area contributed by atoms with Crippen molar-refractivity contribution in [1.29, 1.82) is 0 Å². The SMILES string of the molecule is CCCCCCN(C)S(=O)(=O)NC(=O)O. The average molecular weight is 238 g/mol. The standard InChI is InChI=1S/C8H18N2O4S/c1-3-4-5-6-7-10(2)15(13,14)9-8(11)12/h9H,3-7H2,1-2H3,(H,11,12). The number of carbonyl (C=O) groups is 1. The van der Waals surface area contributed by atoms with Gasteiger partial charge in [-0.05, 0) is 6.42 Å². The maximum absolute atomic E-state index is 11.2. The molecular weight excluding hydrogens is 220 g/mol. The van der Waals surface area contributed by atoms with Gasteiger partial charge in [0.2, 0.25) is 0 Å². The van der Waals surface area contributed by atoms with Crippen LogP contribution in [0.2, 0.25) is 0 Å². The molecule has 0 aromatic carbocycles. The van der Waals surface area contributed by atoms with E-state index < -0.39 is 16.3 Å². The molecule has 15 heavy (non-hydrogen) atoms. The van der Waals surface area contributed by atoms with Crippen LogP contribution in [0.3, 0.4) is 0 Å². The van der Waals surface area contributed by atoms with Crippen LogP contribution in [0.1, 0.15) is 32.6 Å². The molecule has 0 bridgehead atoms. The van der Waals surface area contributed by atoms with E-state index in [1.54, 1.807) is 0 Å². The van der Waals surface area contributed by atoms with Crippen molar-refractivity contribution in [1.82, 2.24) is 9.03 Å². The summed E-state index contributed by atoms with van der Waals surface area (Å²) in [7, 11) is -2.50. The number of hydrogen-bond donors (Lipinski definition) is 2. The molecule has 7 heteroatoms. The minimum Gasteiger partial charge on any atom is -0.464 e. The van der Waals surface area contributed by atoms with Crippen LogP contribution in [0.15, 0.2) is 0 Å². The Morgan fingerprint density at radius 1 is 1.33 bits per heavy atom. The molecule has 0 aliphatic heterocycles. The van der Waals surface area contributed by atoms with Gasteiger partial charge < -0.3 is 5.11 Å². The Labute approximate surface area is 90.5 Å². The summed E-state index contributed by atoms with van der Waals surface area (Å²) in [5.74, 6) is 0. The molecular formula is C8H18N2O4S. The lowest BCUT2D eigenvalue weighted by Crippen LogP contribution is -2.41. The molecule has 0 heterocycles. The third-order valence-electron chi connectivity index (χ3n) is 1.95. The van der Waals surface area contributed by atoms with Gasteiger partial charge in [-0.25, -0.2) is 9.52 Å². The zero-order chi connectivity index (χ0) is 11.9. The molecule has 0 aromatic heterocycles. The van der Waals surface area contributed by atoms with Crippen LogP contribution in [-0.2, 0) is 10.2 Å². The number of unbranched alkanes of at least 4 members (excludes halogenated alkanes) is 3. The van der Waals surface area contributed by atoms with Gasteiger partial charge >= 0.3 is 16.3 Å². The maximum Gasteiger partial charge on any atom is 0.419 e. The van der Waals surface area contributed by atoms with Crippen LogP contribution in [-0.4, -0.2) is 37.5 Å². The van der Waals surface area contributed by atoms with Crippen molar-refractivity contribution < 1.29 is 18.3 Å². The number of nitrogens with one attached hydrogen (secondary N) is 1. The van der Waals surface area contributed by atoms with E-state index >= 15 is 0 Å². The fourth-order valence-corrected chi connectivity index (χ4v) is 1.82. The van der Waals surface area contributed by atoms with Crippen LogP contribution in [0.4, 0.5) is 4.79 Å². The normalized spacial score (nSPS) is 11.7. The van der Waals surface area contributed by atoms with Gasteiger partial charge in [0, 0.05) is 13.6 Å². The third kappa shape index (κ3) is 6.29. The van der Waals surface area contributed by atoms with Crippen LogP contribution >= 0.6 is 0 Å². The lowest BCUT2D eigenvalue weighted by molar-refractivity contribution is 0.200. The average Bonchev–Trinajstić information content (AvgIpc) is 2.10. The van der Waals surface area contributed by atoms with Crippen LogP contribution in [0.5, 0.6) is 0 Å². The van der Waals surface area contributed by atoms with Crippen molar-refractivity contribution in [2.75, 3.05) is 13.6 Å². The van der Waals surface area contributed by atoms with E-state index in [1.165, 1.54) is 11.8 Å². The largest absolute Gasteiger partial charge is 0.464 e. The Hall–Kier alpha value is -0.820. The first kappa shape index (κ1) is 14.2. The van der Waals surface area contributed by atoms with Crippen molar-refractivity contribution in [2.45, 2.75) is 32.6 Å². The number of carboxylic acid groups (broad SMARTS) is 1. The topological polar surface area (TPSA) is 86.7 Å². The zero-order valence-electron chi connectivity index (χ0n) is 9.06. The Balaban J connectivity index is 3.97. The number of rotatable bonds is 7. The summed E-state index contributed by atoms with van der Waals surface area (Å²) in [6.45, 7) is 2.40. The molecule has 0 spiro atoms. The minimum absolute atomic E-state index is 0.336. The van der Waals surface area contributed by atoms with E-state index in [2.05, 4.69) is 6.92 Å². The summed E-state index contributed by atoms with van der Waals surface area (Å²) < 4.78 is 25.0. The molecule has 90 valence electrons. The second-order valence-corrected chi connectivity index (χ2v) is 5.07. The quantitative estimate of drug-likeness (QED) is 0.648. The highest BCUT2D eigenvalue weighted by molar-refractivity contribution is 7.87. The van der Waals surface area contributed by atoms with Gasteiger partial charge in [0.15, 0.2) is 0 Å². The summed E-state index contributed by atoms with van der Waals surface area (Å²) >= 11 is 0. The zero-order valence-corrected chi connectivity index (χ0v) is 9.88. The molecule has 0 saturated carbocycles. The molecule has 0 aromatic rings. The van der Waals surface area contributed by atoms with Crippen molar-refractivity contribution >= 4 is 16.3 Å². The monoisotopic (exact) mass is 238 g/mol. The van der Waals surface area contributed by atoms with E-state index in [9.17, 15) is 13.2 Å². The highest BCUT2D eigenvalue weighted by Crippen LogP contribution is 2.02. The van der Waals surface area contributed by atoms with E-state index in [-0.39, 0.29) is 0 Å². The van der Waals surface area contributed by atoms with E-state index in [4.69, 9.17) is 5.11 Å². The first-order valence-corrected chi connectivity index (χ1v) is 6.31. The van der Waals surface area contributed by atoms with Crippen molar-refractivity contribution in [3.63, 3.8) is 0 Å². The molecule has 6 nitrogen and oxygen atoms in total. The predicted molar refractivity (Wildman–Crippen MR) is 56.9 cm³/mol. The molecule has 2 N–H and O–H groups in total. The molecule has 0 saturated heterocycles. The molecule has 0 rings (SSSR count). The number of hydrogen-bond acceptors (Lipinski definition) is 3. The Kier molecular flexibility index (Phi) is 6.26. The summed E-state index contributed by atoms with van der Waals surface area (Å²) in [5.41, 5.74) is 0. The number of nitrogens with zero attached hydrogens (tertiary/aromatic N) is 1. The lowest BCUT2D eigenvalue weighted by atomic mass is 10.2. The molecule has 0 aliphatic carbocycles. The smallest absolute Gasteiger partial charge is 0.419 e. The predicted octanol–water partition coefficient (Wildman–Crippen LogP) is 1.01. The third-order valence-corrected chi connectivity index (χ3v) is 3.39. The van der Waals surface area contributed by atoms with Crippen molar-refractivity contribution in [2.24, 2.45) is 0 Å². The number of amides is 1.